The summed E-state index contributed by atoms with van der Waals surface area (Å²) in [6.07, 6.45) is 6.02. The van der Waals surface area contributed by atoms with Crippen molar-refractivity contribution in [2.45, 2.75) is 25.8 Å². The molecular formula is C9H13N3. The van der Waals surface area contributed by atoms with E-state index in [1.165, 1.54) is 12.8 Å². The molecule has 1 fully saturated rings. The second kappa shape index (κ2) is 3.09. The van der Waals surface area contributed by atoms with Gasteiger partial charge < -0.3 is 5.32 Å². The number of nitrogens with one attached hydrogen (secondary N) is 1. The summed E-state index contributed by atoms with van der Waals surface area (Å²) in [5.41, 5.74) is 0. The second-order valence-corrected chi connectivity index (χ2v) is 3.49. The monoisotopic (exact) mass is 163 g/mol. The van der Waals surface area contributed by atoms with Crippen LogP contribution in [0, 0.1) is 5.92 Å². The lowest BCUT2D eigenvalue weighted by molar-refractivity contribution is 0.308. The molecule has 1 saturated carbocycles. The van der Waals surface area contributed by atoms with Crippen LogP contribution in [0.25, 0.3) is 0 Å². The molecule has 1 heterocycles. The molecule has 0 atom stereocenters. The normalized spacial score (nSPS) is 27.8. The molecule has 0 saturated heterocycles. The van der Waals surface area contributed by atoms with Crippen molar-refractivity contribution in [2.24, 2.45) is 5.92 Å². The Hall–Kier alpha value is -1.12. The Kier molecular flexibility index (Phi) is 1.94. The van der Waals surface area contributed by atoms with Gasteiger partial charge in [0.25, 0.3) is 0 Å². The van der Waals surface area contributed by atoms with Crippen molar-refractivity contribution in [2.75, 3.05) is 5.32 Å². The highest BCUT2D eigenvalue weighted by Crippen LogP contribution is 2.28. The SMILES string of the molecule is CC1CC(Nc2ncccn2)C1. The number of aromatic nitrogens is 2. The molecule has 0 unspecified atom stereocenters. The predicted molar refractivity (Wildman–Crippen MR) is 47.8 cm³/mol. The number of nitrogens with zero attached hydrogens (tertiary/aromatic N) is 2. The maximum Gasteiger partial charge on any atom is 0.222 e. The zero-order valence-corrected chi connectivity index (χ0v) is 7.20. The summed E-state index contributed by atoms with van der Waals surface area (Å²) in [4.78, 5) is 8.21. The van der Waals surface area contributed by atoms with E-state index >= 15 is 0 Å². The molecule has 0 spiro atoms. The third-order valence-corrected chi connectivity index (χ3v) is 2.27. The van der Waals surface area contributed by atoms with E-state index in [1.807, 2.05) is 6.07 Å². The van der Waals surface area contributed by atoms with Crippen molar-refractivity contribution < 1.29 is 0 Å². The summed E-state index contributed by atoms with van der Waals surface area (Å²) in [5.74, 6) is 1.63. The van der Waals surface area contributed by atoms with E-state index in [0.29, 0.717) is 6.04 Å². The molecule has 3 nitrogen and oxygen atoms in total. The van der Waals surface area contributed by atoms with Gasteiger partial charge in [0.1, 0.15) is 0 Å². The highest BCUT2D eigenvalue weighted by atomic mass is 15.1. The van der Waals surface area contributed by atoms with Crippen LogP contribution in [0.3, 0.4) is 0 Å². The lowest BCUT2D eigenvalue weighted by atomic mass is 9.82. The molecule has 0 radical (unpaired) electrons. The van der Waals surface area contributed by atoms with E-state index in [-0.39, 0.29) is 0 Å². The maximum atomic E-state index is 4.10. The first-order chi connectivity index (χ1) is 5.84. The van der Waals surface area contributed by atoms with E-state index in [2.05, 4.69) is 22.2 Å². The Balaban J connectivity index is 1.88. The van der Waals surface area contributed by atoms with E-state index in [4.69, 9.17) is 0 Å². The zero-order chi connectivity index (χ0) is 8.39. The second-order valence-electron chi connectivity index (χ2n) is 3.49. The lowest BCUT2D eigenvalue weighted by Crippen LogP contribution is -2.34. The van der Waals surface area contributed by atoms with E-state index in [9.17, 15) is 0 Å². The highest BCUT2D eigenvalue weighted by molar-refractivity contribution is 5.25. The minimum absolute atomic E-state index is 0.599. The van der Waals surface area contributed by atoms with Gasteiger partial charge in [-0.3, -0.25) is 0 Å². The Morgan fingerprint density at radius 1 is 1.33 bits per heavy atom. The van der Waals surface area contributed by atoms with E-state index < -0.39 is 0 Å². The van der Waals surface area contributed by atoms with Gasteiger partial charge in [-0.05, 0) is 24.8 Å². The molecule has 12 heavy (non-hydrogen) atoms. The fourth-order valence-electron chi connectivity index (χ4n) is 1.58. The summed E-state index contributed by atoms with van der Waals surface area (Å²) in [5, 5.41) is 3.29. The van der Waals surface area contributed by atoms with Crippen LogP contribution in [0.5, 0.6) is 0 Å². The summed E-state index contributed by atoms with van der Waals surface area (Å²) in [7, 11) is 0. The summed E-state index contributed by atoms with van der Waals surface area (Å²) < 4.78 is 0. The number of hydrogen-bond donors (Lipinski definition) is 1. The topological polar surface area (TPSA) is 37.8 Å². The zero-order valence-electron chi connectivity index (χ0n) is 7.20. The Bertz CT molecular complexity index is 241. The smallest absolute Gasteiger partial charge is 0.222 e. The van der Waals surface area contributed by atoms with Crippen LogP contribution in [-0.2, 0) is 0 Å². The number of anilines is 1. The summed E-state index contributed by atoms with van der Waals surface area (Å²) >= 11 is 0. The molecule has 1 aliphatic rings. The molecule has 2 rings (SSSR count). The van der Waals surface area contributed by atoms with Gasteiger partial charge in [-0.15, -0.1) is 0 Å². The minimum Gasteiger partial charge on any atom is -0.351 e. The molecule has 1 aliphatic carbocycles. The van der Waals surface area contributed by atoms with Crippen LogP contribution in [0.1, 0.15) is 19.8 Å². The molecular weight excluding hydrogens is 150 g/mol. The van der Waals surface area contributed by atoms with Crippen LogP contribution < -0.4 is 5.32 Å². The molecule has 0 aliphatic heterocycles. The van der Waals surface area contributed by atoms with Gasteiger partial charge in [-0.2, -0.15) is 0 Å². The van der Waals surface area contributed by atoms with E-state index in [1.54, 1.807) is 12.4 Å². The lowest BCUT2D eigenvalue weighted by Gasteiger charge is -2.33. The van der Waals surface area contributed by atoms with Crippen molar-refractivity contribution in [1.29, 1.82) is 0 Å². The summed E-state index contributed by atoms with van der Waals surface area (Å²) in [6.45, 7) is 2.27. The van der Waals surface area contributed by atoms with Gasteiger partial charge in [0, 0.05) is 18.4 Å². The Labute approximate surface area is 72.2 Å². The minimum atomic E-state index is 0.599. The van der Waals surface area contributed by atoms with Gasteiger partial charge in [0.05, 0.1) is 0 Å². The Morgan fingerprint density at radius 2 is 2.00 bits per heavy atom. The van der Waals surface area contributed by atoms with Crippen molar-refractivity contribution in [3.8, 4) is 0 Å². The first-order valence-electron chi connectivity index (χ1n) is 4.38. The van der Waals surface area contributed by atoms with Crippen LogP contribution in [-0.4, -0.2) is 16.0 Å². The molecule has 0 amide bonds. The van der Waals surface area contributed by atoms with Crippen molar-refractivity contribution >= 4 is 5.95 Å². The molecule has 1 aromatic heterocycles. The van der Waals surface area contributed by atoms with Gasteiger partial charge in [0.2, 0.25) is 5.95 Å². The van der Waals surface area contributed by atoms with Crippen LogP contribution in [0.4, 0.5) is 5.95 Å². The molecule has 3 heteroatoms. The average Bonchev–Trinajstić information content (AvgIpc) is 2.04. The first-order valence-corrected chi connectivity index (χ1v) is 4.38. The fourth-order valence-corrected chi connectivity index (χ4v) is 1.58. The van der Waals surface area contributed by atoms with Gasteiger partial charge in [-0.1, -0.05) is 6.92 Å². The van der Waals surface area contributed by atoms with Crippen LogP contribution >= 0.6 is 0 Å². The highest BCUT2D eigenvalue weighted by Gasteiger charge is 2.25. The maximum absolute atomic E-state index is 4.10. The Morgan fingerprint density at radius 3 is 2.58 bits per heavy atom. The number of rotatable bonds is 2. The number of hydrogen-bond acceptors (Lipinski definition) is 3. The molecule has 64 valence electrons. The predicted octanol–water partition coefficient (Wildman–Crippen LogP) is 1.69. The van der Waals surface area contributed by atoms with E-state index in [0.717, 1.165) is 11.9 Å². The van der Waals surface area contributed by atoms with Crippen LogP contribution in [0.2, 0.25) is 0 Å². The molecule has 0 aromatic carbocycles. The molecule has 1 N–H and O–H groups in total. The van der Waals surface area contributed by atoms with Crippen molar-refractivity contribution in [3.63, 3.8) is 0 Å². The third-order valence-electron chi connectivity index (χ3n) is 2.27. The average molecular weight is 163 g/mol. The van der Waals surface area contributed by atoms with Crippen molar-refractivity contribution in [3.05, 3.63) is 18.5 Å². The third kappa shape index (κ3) is 1.55. The first kappa shape index (κ1) is 7.53. The molecule has 1 aromatic rings. The van der Waals surface area contributed by atoms with Crippen molar-refractivity contribution in [1.82, 2.24) is 9.97 Å². The molecule has 0 bridgehead atoms. The van der Waals surface area contributed by atoms with Gasteiger partial charge in [-0.25, -0.2) is 9.97 Å². The fraction of sp³-hybridized carbons (Fsp3) is 0.556. The largest absolute Gasteiger partial charge is 0.351 e. The standard InChI is InChI=1S/C9H13N3/c1-7-5-8(6-7)12-9-10-3-2-4-11-9/h2-4,7-8H,5-6H2,1H3,(H,10,11,12). The van der Waals surface area contributed by atoms with Crippen LogP contribution in [0.15, 0.2) is 18.5 Å². The van der Waals surface area contributed by atoms with Gasteiger partial charge >= 0.3 is 0 Å². The quantitative estimate of drug-likeness (QED) is 0.721. The van der Waals surface area contributed by atoms with Gasteiger partial charge in [0.15, 0.2) is 0 Å². The summed E-state index contributed by atoms with van der Waals surface area (Å²) in [6, 6.07) is 2.43.